The van der Waals surface area contributed by atoms with Crippen molar-refractivity contribution in [3.8, 4) is 5.75 Å². The molecular weight excluding hydrogens is 384 g/mol. The number of nitrogens with one attached hydrogen (secondary N) is 2. The van der Waals surface area contributed by atoms with Crippen LogP contribution in [0.15, 0.2) is 53.6 Å². The molecule has 1 aliphatic rings. The number of benzene rings is 2. The van der Waals surface area contributed by atoms with Crippen molar-refractivity contribution in [2.24, 2.45) is 5.10 Å². The van der Waals surface area contributed by atoms with Gasteiger partial charge in [0.25, 0.3) is 5.91 Å². The summed E-state index contributed by atoms with van der Waals surface area (Å²) in [6.07, 6.45) is 0.164. The molecule has 3 aromatic rings. The quantitative estimate of drug-likeness (QED) is 0.688. The fraction of sp³-hybridized carbons (Fsp3) is 0.158. The SMILES string of the molecule is O=C(Nc1ccccc1OC(F)F)C1=NN(c2nc3ccccc3[nH]2)C(=O)CC1. The Hall–Kier alpha value is -3.82. The first kappa shape index (κ1) is 18.5. The number of hydrazone groups is 1. The second-order valence-electron chi connectivity index (χ2n) is 6.16. The molecule has 0 aliphatic carbocycles. The molecule has 1 aliphatic heterocycles. The maximum absolute atomic E-state index is 12.6. The van der Waals surface area contributed by atoms with Gasteiger partial charge in [-0.25, -0.2) is 4.98 Å². The number of carbonyl (C=O) groups is 2. The van der Waals surface area contributed by atoms with Crippen molar-refractivity contribution in [3.63, 3.8) is 0 Å². The summed E-state index contributed by atoms with van der Waals surface area (Å²) in [4.78, 5) is 32.2. The van der Waals surface area contributed by atoms with E-state index in [0.29, 0.717) is 5.52 Å². The van der Waals surface area contributed by atoms with Gasteiger partial charge >= 0.3 is 6.61 Å². The molecule has 29 heavy (non-hydrogen) atoms. The van der Waals surface area contributed by atoms with Crippen molar-refractivity contribution in [1.29, 1.82) is 0 Å². The van der Waals surface area contributed by atoms with E-state index in [1.54, 1.807) is 18.2 Å². The number of hydrogen-bond acceptors (Lipinski definition) is 5. The summed E-state index contributed by atoms with van der Waals surface area (Å²) in [6, 6.07) is 13.0. The highest BCUT2D eigenvalue weighted by molar-refractivity contribution is 6.44. The summed E-state index contributed by atoms with van der Waals surface area (Å²) >= 11 is 0. The molecule has 0 unspecified atom stereocenters. The molecule has 0 saturated heterocycles. The zero-order valence-electron chi connectivity index (χ0n) is 14.9. The highest BCUT2D eigenvalue weighted by Gasteiger charge is 2.28. The summed E-state index contributed by atoms with van der Waals surface area (Å²) in [7, 11) is 0. The molecule has 2 N–H and O–H groups in total. The fourth-order valence-corrected chi connectivity index (χ4v) is 2.88. The van der Waals surface area contributed by atoms with Gasteiger partial charge in [0.2, 0.25) is 11.9 Å². The predicted octanol–water partition coefficient (Wildman–Crippen LogP) is 3.29. The molecule has 0 radical (unpaired) electrons. The van der Waals surface area contributed by atoms with Gasteiger partial charge in [-0.2, -0.15) is 18.9 Å². The number of fused-ring (bicyclic) bond motifs is 1. The number of anilines is 2. The largest absolute Gasteiger partial charge is 0.433 e. The van der Waals surface area contributed by atoms with E-state index in [2.05, 4.69) is 25.1 Å². The molecule has 10 heteroatoms. The summed E-state index contributed by atoms with van der Waals surface area (Å²) in [6.45, 7) is -3.03. The number of para-hydroxylation sites is 4. The summed E-state index contributed by atoms with van der Waals surface area (Å²) in [5.41, 5.74) is 1.52. The van der Waals surface area contributed by atoms with E-state index in [-0.39, 0.29) is 41.8 Å². The molecule has 1 aromatic heterocycles. The average Bonchev–Trinajstić information content (AvgIpc) is 3.13. The van der Waals surface area contributed by atoms with Gasteiger partial charge in [-0.15, -0.1) is 0 Å². The van der Waals surface area contributed by atoms with Gasteiger partial charge in [-0.1, -0.05) is 24.3 Å². The second kappa shape index (κ2) is 7.66. The Morgan fingerprint density at radius 1 is 1.14 bits per heavy atom. The number of rotatable bonds is 5. The fourth-order valence-electron chi connectivity index (χ4n) is 2.88. The summed E-state index contributed by atoms with van der Waals surface area (Å²) in [5.74, 6) is -0.911. The van der Waals surface area contributed by atoms with Gasteiger partial charge in [-0.05, 0) is 24.3 Å². The minimum Gasteiger partial charge on any atom is -0.433 e. The molecule has 0 saturated carbocycles. The van der Waals surface area contributed by atoms with Crippen LogP contribution >= 0.6 is 0 Å². The first-order valence-corrected chi connectivity index (χ1v) is 8.71. The van der Waals surface area contributed by atoms with Crippen molar-refractivity contribution < 1.29 is 23.1 Å². The first-order chi connectivity index (χ1) is 14.0. The van der Waals surface area contributed by atoms with Crippen LogP contribution in [-0.4, -0.2) is 34.1 Å². The zero-order valence-corrected chi connectivity index (χ0v) is 14.9. The molecule has 0 atom stereocenters. The van der Waals surface area contributed by atoms with Crippen molar-refractivity contribution in [3.05, 3.63) is 48.5 Å². The Morgan fingerprint density at radius 2 is 1.90 bits per heavy atom. The third kappa shape index (κ3) is 3.91. The lowest BCUT2D eigenvalue weighted by Crippen LogP contribution is -2.36. The number of H-pyrrole nitrogens is 1. The summed E-state index contributed by atoms with van der Waals surface area (Å²) < 4.78 is 29.5. The predicted molar refractivity (Wildman–Crippen MR) is 102 cm³/mol. The monoisotopic (exact) mass is 399 g/mol. The van der Waals surface area contributed by atoms with Gasteiger partial charge in [0.05, 0.1) is 16.7 Å². The number of aromatic amines is 1. The van der Waals surface area contributed by atoms with E-state index in [4.69, 9.17) is 0 Å². The lowest BCUT2D eigenvalue weighted by atomic mass is 10.1. The number of amides is 2. The van der Waals surface area contributed by atoms with Crippen LogP contribution in [0.3, 0.4) is 0 Å². The van der Waals surface area contributed by atoms with Crippen molar-refractivity contribution >= 4 is 40.2 Å². The van der Waals surface area contributed by atoms with Gasteiger partial charge in [0.1, 0.15) is 11.5 Å². The van der Waals surface area contributed by atoms with Crippen LogP contribution in [0.4, 0.5) is 20.4 Å². The number of imidazole rings is 1. The third-order valence-electron chi connectivity index (χ3n) is 4.22. The molecule has 2 heterocycles. The molecule has 4 rings (SSSR count). The second-order valence-corrected chi connectivity index (χ2v) is 6.16. The Labute approximate surface area is 163 Å². The van der Waals surface area contributed by atoms with Gasteiger partial charge in [0, 0.05) is 12.8 Å². The smallest absolute Gasteiger partial charge is 0.387 e. The standard InChI is InChI=1S/C19H15F2N5O3/c20-18(21)29-15-8-4-3-7-13(15)22-17(28)14-9-10-16(27)26(25-14)19-23-11-5-1-2-6-12(11)24-19/h1-8,18H,9-10H2,(H,22,28)(H,23,24). The van der Waals surface area contributed by atoms with Crippen molar-refractivity contribution in [2.45, 2.75) is 19.5 Å². The van der Waals surface area contributed by atoms with Crippen LogP contribution in [0.1, 0.15) is 12.8 Å². The Bertz CT molecular complexity index is 1080. The van der Waals surface area contributed by atoms with Gasteiger partial charge in [-0.3, -0.25) is 9.59 Å². The summed E-state index contributed by atoms with van der Waals surface area (Å²) in [5, 5.41) is 7.66. The molecule has 8 nitrogen and oxygen atoms in total. The van der Waals surface area contributed by atoms with Crippen LogP contribution in [0.25, 0.3) is 11.0 Å². The Morgan fingerprint density at radius 3 is 2.69 bits per heavy atom. The Balaban J connectivity index is 1.59. The number of nitrogens with zero attached hydrogens (tertiary/aromatic N) is 3. The molecule has 148 valence electrons. The highest BCUT2D eigenvalue weighted by atomic mass is 19.3. The topological polar surface area (TPSA) is 99.7 Å². The molecular formula is C19H15F2N5O3. The van der Waals surface area contributed by atoms with E-state index in [1.165, 1.54) is 18.2 Å². The number of ether oxygens (including phenoxy) is 1. The highest BCUT2D eigenvalue weighted by Crippen LogP contribution is 2.26. The minimum absolute atomic E-state index is 0.0540. The number of halogens is 2. The van der Waals surface area contributed by atoms with E-state index in [0.717, 1.165) is 10.5 Å². The molecule has 2 aromatic carbocycles. The molecule has 0 bridgehead atoms. The van der Waals surface area contributed by atoms with E-state index in [9.17, 15) is 18.4 Å². The number of carbonyl (C=O) groups excluding carboxylic acids is 2. The lowest BCUT2D eigenvalue weighted by molar-refractivity contribution is -0.118. The van der Waals surface area contributed by atoms with Crippen LogP contribution in [0, 0.1) is 0 Å². The molecule has 0 fully saturated rings. The zero-order chi connectivity index (χ0) is 20.4. The van der Waals surface area contributed by atoms with Crippen LogP contribution < -0.4 is 15.1 Å². The maximum atomic E-state index is 12.6. The first-order valence-electron chi connectivity index (χ1n) is 8.71. The van der Waals surface area contributed by atoms with E-state index < -0.39 is 12.5 Å². The maximum Gasteiger partial charge on any atom is 0.387 e. The van der Waals surface area contributed by atoms with Crippen molar-refractivity contribution in [2.75, 3.05) is 10.3 Å². The van der Waals surface area contributed by atoms with Gasteiger partial charge < -0.3 is 15.0 Å². The third-order valence-corrected chi connectivity index (χ3v) is 4.22. The normalized spacial score (nSPS) is 14.2. The van der Waals surface area contributed by atoms with Crippen LogP contribution in [0.2, 0.25) is 0 Å². The minimum atomic E-state index is -3.03. The number of alkyl halides is 2. The number of hydrogen-bond donors (Lipinski definition) is 2. The van der Waals surface area contributed by atoms with Crippen LogP contribution in [-0.2, 0) is 9.59 Å². The van der Waals surface area contributed by atoms with Crippen LogP contribution in [0.5, 0.6) is 5.75 Å². The molecule has 2 amide bonds. The van der Waals surface area contributed by atoms with E-state index in [1.807, 2.05) is 12.1 Å². The van der Waals surface area contributed by atoms with Crippen molar-refractivity contribution in [1.82, 2.24) is 9.97 Å². The Kier molecular flexibility index (Phi) is 4.90. The van der Waals surface area contributed by atoms with E-state index >= 15 is 0 Å². The van der Waals surface area contributed by atoms with Gasteiger partial charge in [0.15, 0.2) is 0 Å². The number of aromatic nitrogens is 2. The average molecular weight is 399 g/mol. The lowest BCUT2D eigenvalue weighted by Gasteiger charge is -2.21. The molecule has 0 spiro atoms.